The van der Waals surface area contributed by atoms with Crippen molar-refractivity contribution in [3.63, 3.8) is 0 Å². The van der Waals surface area contributed by atoms with Gasteiger partial charge in [0.05, 0.1) is 0 Å². The lowest BCUT2D eigenvalue weighted by Gasteiger charge is -2.32. The SMILES string of the molecule is CN1CCC(CCNC2CCN(C(N)=O)CC2)CC1. The van der Waals surface area contributed by atoms with Crippen LogP contribution in [0.2, 0.25) is 0 Å². The number of nitrogens with two attached hydrogens (primary N) is 1. The van der Waals surface area contributed by atoms with Gasteiger partial charge in [-0.2, -0.15) is 0 Å². The number of amides is 2. The van der Waals surface area contributed by atoms with E-state index in [1.54, 1.807) is 4.90 Å². The number of hydrogen-bond donors (Lipinski definition) is 2. The first kappa shape index (κ1) is 14.6. The maximum atomic E-state index is 11.0. The van der Waals surface area contributed by atoms with Crippen LogP contribution in [0.4, 0.5) is 4.79 Å². The second-order valence-electron chi connectivity index (χ2n) is 6.09. The zero-order chi connectivity index (χ0) is 13.7. The van der Waals surface area contributed by atoms with E-state index in [4.69, 9.17) is 5.73 Å². The fourth-order valence-electron chi connectivity index (χ4n) is 3.15. The smallest absolute Gasteiger partial charge is 0.314 e. The molecule has 0 bridgehead atoms. The van der Waals surface area contributed by atoms with Gasteiger partial charge in [-0.15, -0.1) is 0 Å². The number of primary amides is 1. The molecule has 0 radical (unpaired) electrons. The predicted molar refractivity (Wildman–Crippen MR) is 77.0 cm³/mol. The van der Waals surface area contributed by atoms with E-state index in [1.165, 1.54) is 32.4 Å². The first-order valence-corrected chi connectivity index (χ1v) is 7.61. The molecule has 2 aliphatic rings. The van der Waals surface area contributed by atoms with Gasteiger partial charge >= 0.3 is 6.03 Å². The van der Waals surface area contributed by atoms with Crippen LogP contribution in [0.1, 0.15) is 32.1 Å². The first-order chi connectivity index (χ1) is 9.15. The normalized spacial score (nSPS) is 23.7. The quantitative estimate of drug-likeness (QED) is 0.794. The number of carbonyl (C=O) groups is 1. The van der Waals surface area contributed by atoms with Gasteiger partial charge in [-0.3, -0.25) is 0 Å². The molecule has 19 heavy (non-hydrogen) atoms. The van der Waals surface area contributed by atoms with Crippen LogP contribution in [0.3, 0.4) is 0 Å². The largest absolute Gasteiger partial charge is 0.351 e. The average molecular weight is 268 g/mol. The summed E-state index contributed by atoms with van der Waals surface area (Å²) in [7, 11) is 2.21. The molecule has 3 N–H and O–H groups in total. The summed E-state index contributed by atoms with van der Waals surface area (Å²) in [6, 6.07) is 0.298. The number of hydrogen-bond acceptors (Lipinski definition) is 3. The Morgan fingerprint density at radius 1 is 1.16 bits per heavy atom. The molecule has 5 nitrogen and oxygen atoms in total. The zero-order valence-electron chi connectivity index (χ0n) is 12.1. The lowest BCUT2D eigenvalue weighted by Crippen LogP contribution is -2.47. The van der Waals surface area contributed by atoms with Gasteiger partial charge in [0.15, 0.2) is 0 Å². The Bertz CT molecular complexity index is 281. The molecule has 0 unspecified atom stereocenters. The highest BCUT2D eigenvalue weighted by Gasteiger charge is 2.21. The van der Waals surface area contributed by atoms with Gasteiger partial charge in [0, 0.05) is 19.1 Å². The third kappa shape index (κ3) is 4.66. The highest BCUT2D eigenvalue weighted by molar-refractivity contribution is 5.72. The molecule has 110 valence electrons. The summed E-state index contributed by atoms with van der Waals surface area (Å²) in [5.41, 5.74) is 5.28. The zero-order valence-corrected chi connectivity index (χ0v) is 12.1. The molecule has 0 spiro atoms. The lowest BCUT2D eigenvalue weighted by molar-refractivity contribution is 0.182. The second kappa shape index (κ2) is 7.10. The van der Waals surface area contributed by atoms with Gasteiger partial charge in [-0.25, -0.2) is 4.79 Å². The molecule has 0 atom stereocenters. The Hall–Kier alpha value is -0.810. The minimum atomic E-state index is -0.273. The molecule has 2 aliphatic heterocycles. The summed E-state index contributed by atoms with van der Waals surface area (Å²) in [5.74, 6) is 0.898. The molecule has 0 aromatic heterocycles. The minimum Gasteiger partial charge on any atom is -0.351 e. The van der Waals surface area contributed by atoms with Crippen molar-refractivity contribution in [1.82, 2.24) is 15.1 Å². The highest BCUT2D eigenvalue weighted by Crippen LogP contribution is 2.19. The Kier molecular flexibility index (Phi) is 5.45. The van der Waals surface area contributed by atoms with Crippen molar-refractivity contribution in [1.29, 1.82) is 0 Å². The number of likely N-dealkylation sites (tertiary alicyclic amines) is 2. The standard InChI is InChI=1S/C14H28N4O/c1-17-8-3-12(4-9-17)2-7-16-13-5-10-18(11-6-13)14(15)19/h12-13,16H,2-11H2,1H3,(H2,15,19). The number of carbonyl (C=O) groups excluding carboxylic acids is 1. The van der Waals surface area contributed by atoms with Crippen LogP contribution < -0.4 is 11.1 Å². The molecule has 2 amide bonds. The fraction of sp³-hybridized carbons (Fsp3) is 0.929. The van der Waals surface area contributed by atoms with E-state index >= 15 is 0 Å². The van der Waals surface area contributed by atoms with Crippen molar-refractivity contribution >= 4 is 6.03 Å². The van der Waals surface area contributed by atoms with Gasteiger partial charge in [0.1, 0.15) is 0 Å². The van der Waals surface area contributed by atoms with E-state index in [0.29, 0.717) is 6.04 Å². The van der Waals surface area contributed by atoms with Gasteiger partial charge in [-0.1, -0.05) is 0 Å². The van der Waals surface area contributed by atoms with Crippen molar-refractivity contribution in [2.24, 2.45) is 11.7 Å². The third-order valence-corrected chi connectivity index (χ3v) is 4.63. The van der Waals surface area contributed by atoms with E-state index in [2.05, 4.69) is 17.3 Å². The van der Waals surface area contributed by atoms with Crippen molar-refractivity contribution in [2.45, 2.75) is 38.1 Å². The summed E-state index contributed by atoms with van der Waals surface area (Å²) in [6.45, 7) is 5.24. The third-order valence-electron chi connectivity index (χ3n) is 4.63. The molecule has 0 aromatic rings. The molecule has 0 aliphatic carbocycles. The van der Waals surface area contributed by atoms with Crippen LogP contribution >= 0.6 is 0 Å². The molecular formula is C14H28N4O. The average Bonchev–Trinajstić information content (AvgIpc) is 2.41. The van der Waals surface area contributed by atoms with Crippen LogP contribution in [-0.4, -0.2) is 61.6 Å². The molecule has 2 saturated heterocycles. The predicted octanol–water partition coefficient (Wildman–Crippen LogP) is 0.851. The number of nitrogens with zero attached hydrogens (tertiary/aromatic N) is 2. The molecule has 2 rings (SSSR count). The monoisotopic (exact) mass is 268 g/mol. The Labute approximate surface area is 116 Å². The fourth-order valence-corrected chi connectivity index (χ4v) is 3.15. The summed E-state index contributed by atoms with van der Waals surface area (Å²) < 4.78 is 0. The summed E-state index contributed by atoms with van der Waals surface area (Å²) >= 11 is 0. The van der Waals surface area contributed by atoms with Crippen LogP contribution in [0.15, 0.2) is 0 Å². The lowest BCUT2D eigenvalue weighted by atomic mass is 9.93. The summed E-state index contributed by atoms with van der Waals surface area (Å²) in [5, 5.41) is 3.65. The number of nitrogens with one attached hydrogen (secondary N) is 1. The summed E-state index contributed by atoms with van der Waals surface area (Å²) in [6.07, 6.45) is 6.06. The van der Waals surface area contributed by atoms with Gasteiger partial charge in [0.25, 0.3) is 0 Å². The highest BCUT2D eigenvalue weighted by atomic mass is 16.2. The van der Waals surface area contributed by atoms with Crippen molar-refractivity contribution in [3.05, 3.63) is 0 Å². The van der Waals surface area contributed by atoms with Crippen LogP contribution in [0.5, 0.6) is 0 Å². The molecular weight excluding hydrogens is 240 g/mol. The van der Waals surface area contributed by atoms with E-state index < -0.39 is 0 Å². The molecule has 5 heteroatoms. The topological polar surface area (TPSA) is 61.6 Å². The van der Waals surface area contributed by atoms with Crippen molar-refractivity contribution in [3.8, 4) is 0 Å². The molecule has 2 fully saturated rings. The molecule has 0 aromatic carbocycles. The Balaban J connectivity index is 1.56. The number of rotatable bonds is 4. The number of piperidine rings is 2. The van der Waals surface area contributed by atoms with E-state index in [0.717, 1.165) is 38.4 Å². The van der Waals surface area contributed by atoms with Crippen LogP contribution in [-0.2, 0) is 0 Å². The van der Waals surface area contributed by atoms with Crippen molar-refractivity contribution in [2.75, 3.05) is 39.8 Å². The van der Waals surface area contributed by atoms with Gasteiger partial charge in [0.2, 0.25) is 0 Å². The maximum absolute atomic E-state index is 11.0. The molecule has 2 heterocycles. The Morgan fingerprint density at radius 3 is 2.37 bits per heavy atom. The van der Waals surface area contributed by atoms with E-state index in [1.807, 2.05) is 0 Å². The van der Waals surface area contributed by atoms with Gasteiger partial charge < -0.3 is 20.9 Å². The van der Waals surface area contributed by atoms with Crippen LogP contribution in [0, 0.1) is 5.92 Å². The van der Waals surface area contributed by atoms with E-state index in [-0.39, 0.29) is 6.03 Å². The Morgan fingerprint density at radius 2 is 1.79 bits per heavy atom. The molecule has 0 saturated carbocycles. The first-order valence-electron chi connectivity index (χ1n) is 7.61. The van der Waals surface area contributed by atoms with E-state index in [9.17, 15) is 4.79 Å². The maximum Gasteiger partial charge on any atom is 0.314 e. The van der Waals surface area contributed by atoms with Crippen molar-refractivity contribution < 1.29 is 4.79 Å². The van der Waals surface area contributed by atoms with Gasteiger partial charge in [-0.05, 0) is 64.7 Å². The summed E-state index contributed by atoms with van der Waals surface area (Å²) in [4.78, 5) is 15.2. The minimum absolute atomic E-state index is 0.273. The second-order valence-corrected chi connectivity index (χ2v) is 6.09. The van der Waals surface area contributed by atoms with Crippen LogP contribution in [0.25, 0.3) is 0 Å². The number of urea groups is 1.